The number of anilines is 1. The van der Waals surface area contributed by atoms with E-state index >= 15 is 0 Å². The minimum atomic E-state index is -0.307. The number of Topliss-reactive ketones (excluding diaryl/α,β-unsaturated/α-hetero) is 1. The molecule has 0 aliphatic heterocycles. The number of carbonyl (C=O) groups excluding carboxylic acids is 2. The Morgan fingerprint density at radius 3 is 2.86 bits per heavy atom. The summed E-state index contributed by atoms with van der Waals surface area (Å²) in [5.41, 5.74) is 2.42. The summed E-state index contributed by atoms with van der Waals surface area (Å²) >= 11 is 0. The molecule has 4 heteroatoms. The highest BCUT2D eigenvalue weighted by molar-refractivity contribution is 6.05. The monoisotopic (exact) mass is 283 g/mol. The molecule has 1 aliphatic rings. The number of carbonyl (C=O) groups is 2. The minimum absolute atomic E-state index is 0.0630. The van der Waals surface area contributed by atoms with E-state index in [-0.39, 0.29) is 17.5 Å². The third-order valence-electron chi connectivity index (χ3n) is 3.79. The topological polar surface area (TPSA) is 59.3 Å². The lowest BCUT2D eigenvalue weighted by molar-refractivity contribution is 0.0963. The van der Waals surface area contributed by atoms with Gasteiger partial charge in [0.15, 0.2) is 11.5 Å². The molecular formula is C17H17NO3. The molecule has 1 N–H and O–H groups in total. The molecule has 0 spiro atoms. The number of benzene rings is 1. The average Bonchev–Trinajstić information content (AvgIpc) is 2.93. The summed E-state index contributed by atoms with van der Waals surface area (Å²) in [7, 11) is 0. The van der Waals surface area contributed by atoms with Crippen LogP contribution >= 0.6 is 0 Å². The summed E-state index contributed by atoms with van der Waals surface area (Å²) in [4.78, 5) is 24.1. The molecule has 108 valence electrons. The summed E-state index contributed by atoms with van der Waals surface area (Å²) in [6, 6.07) is 9.24. The van der Waals surface area contributed by atoms with Gasteiger partial charge in [-0.05, 0) is 24.5 Å². The quantitative estimate of drug-likeness (QED) is 0.936. The van der Waals surface area contributed by atoms with Gasteiger partial charge < -0.3 is 9.73 Å². The second-order valence-electron chi connectivity index (χ2n) is 5.19. The molecule has 0 fully saturated rings. The Morgan fingerprint density at radius 1 is 1.29 bits per heavy atom. The summed E-state index contributed by atoms with van der Waals surface area (Å²) in [6.45, 7) is 2.04. The van der Waals surface area contributed by atoms with Crippen molar-refractivity contribution in [1.82, 2.24) is 0 Å². The predicted octanol–water partition coefficient (Wildman–Crippen LogP) is 3.61. The van der Waals surface area contributed by atoms with Crippen LogP contribution in [0.2, 0.25) is 0 Å². The fourth-order valence-corrected chi connectivity index (χ4v) is 2.64. The highest BCUT2D eigenvalue weighted by Crippen LogP contribution is 2.25. The molecular weight excluding hydrogens is 266 g/mol. The Kier molecular flexibility index (Phi) is 3.60. The number of amides is 1. The Hall–Kier alpha value is -2.36. The van der Waals surface area contributed by atoms with Crippen molar-refractivity contribution in [3.8, 4) is 0 Å². The maximum Gasteiger partial charge on any atom is 0.291 e. The van der Waals surface area contributed by atoms with Crippen LogP contribution in [-0.2, 0) is 12.8 Å². The Bertz CT molecular complexity index is 700. The molecule has 1 heterocycles. The highest BCUT2D eigenvalue weighted by atomic mass is 16.4. The first-order chi connectivity index (χ1) is 10.2. The summed E-state index contributed by atoms with van der Waals surface area (Å²) < 4.78 is 5.55. The molecule has 0 saturated heterocycles. The number of rotatable bonds is 3. The normalized spacial score (nSPS) is 13.9. The van der Waals surface area contributed by atoms with E-state index in [2.05, 4.69) is 5.32 Å². The van der Waals surface area contributed by atoms with E-state index in [4.69, 9.17) is 4.42 Å². The van der Waals surface area contributed by atoms with Crippen molar-refractivity contribution in [1.29, 1.82) is 0 Å². The van der Waals surface area contributed by atoms with Gasteiger partial charge in [-0.3, -0.25) is 9.59 Å². The molecule has 21 heavy (non-hydrogen) atoms. The number of furan rings is 1. The van der Waals surface area contributed by atoms with Gasteiger partial charge in [-0.2, -0.15) is 0 Å². The van der Waals surface area contributed by atoms with Gasteiger partial charge in [-0.15, -0.1) is 0 Å². The van der Waals surface area contributed by atoms with E-state index in [1.807, 2.05) is 31.2 Å². The zero-order chi connectivity index (χ0) is 14.8. The van der Waals surface area contributed by atoms with Crippen molar-refractivity contribution in [3.05, 3.63) is 53.0 Å². The van der Waals surface area contributed by atoms with E-state index in [1.165, 1.54) is 0 Å². The van der Waals surface area contributed by atoms with E-state index in [9.17, 15) is 9.59 Å². The number of aryl methyl sites for hydroxylation is 2. The fourth-order valence-electron chi connectivity index (χ4n) is 2.64. The van der Waals surface area contributed by atoms with Gasteiger partial charge in [-0.25, -0.2) is 0 Å². The number of fused-ring (bicyclic) bond motifs is 1. The third kappa shape index (κ3) is 2.61. The van der Waals surface area contributed by atoms with Crippen molar-refractivity contribution >= 4 is 17.4 Å². The zero-order valence-corrected chi connectivity index (χ0v) is 11.9. The number of hydrogen-bond donors (Lipinski definition) is 1. The van der Waals surface area contributed by atoms with E-state index in [0.29, 0.717) is 17.7 Å². The third-order valence-corrected chi connectivity index (χ3v) is 3.79. The van der Waals surface area contributed by atoms with Crippen molar-refractivity contribution in [2.75, 3.05) is 5.32 Å². The smallest absolute Gasteiger partial charge is 0.291 e. The second kappa shape index (κ2) is 5.56. The van der Waals surface area contributed by atoms with Crippen LogP contribution in [0, 0.1) is 0 Å². The standard InChI is InChI=1S/C17H17NO3/c1-2-11-6-3-4-7-13(11)18-17(20)16-10-12-14(19)8-5-9-15(12)21-16/h3-4,6-7,10H,2,5,8-9H2,1H3,(H,18,20). The van der Waals surface area contributed by atoms with Crippen molar-refractivity contribution in [2.24, 2.45) is 0 Å². The zero-order valence-electron chi connectivity index (χ0n) is 11.9. The Labute approximate surface area is 123 Å². The molecule has 0 bridgehead atoms. The predicted molar refractivity (Wildman–Crippen MR) is 79.7 cm³/mol. The fraction of sp³-hybridized carbons (Fsp3) is 0.294. The molecule has 0 unspecified atom stereocenters. The molecule has 2 aromatic rings. The molecule has 0 atom stereocenters. The van der Waals surface area contributed by atoms with E-state index in [1.54, 1.807) is 6.07 Å². The number of nitrogens with one attached hydrogen (secondary N) is 1. The second-order valence-corrected chi connectivity index (χ2v) is 5.19. The van der Waals surface area contributed by atoms with Crippen LogP contribution in [0.15, 0.2) is 34.7 Å². The van der Waals surface area contributed by atoms with Gasteiger partial charge in [0.2, 0.25) is 0 Å². The van der Waals surface area contributed by atoms with Gasteiger partial charge in [0.25, 0.3) is 5.91 Å². The highest BCUT2D eigenvalue weighted by Gasteiger charge is 2.24. The lowest BCUT2D eigenvalue weighted by Gasteiger charge is -2.08. The molecule has 0 radical (unpaired) electrons. The number of hydrogen-bond acceptors (Lipinski definition) is 3. The van der Waals surface area contributed by atoms with Crippen LogP contribution in [0.4, 0.5) is 5.69 Å². The minimum Gasteiger partial charge on any atom is -0.455 e. The molecule has 1 amide bonds. The van der Waals surface area contributed by atoms with Crippen LogP contribution in [-0.4, -0.2) is 11.7 Å². The first-order valence-corrected chi connectivity index (χ1v) is 7.24. The van der Waals surface area contributed by atoms with Crippen LogP contribution in [0.25, 0.3) is 0 Å². The van der Waals surface area contributed by atoms with Gasteiger partial charge in [0, 0.05) is 24.6 Å². The van der Waals surface area contributed by atoms with Crippen LogP contribution in [0.3, 0.4) is 0 Å². The molecule has 4 nitrogen and oxygen atoms in total. The van der Waals surface area contributed by atoms with Gasteiger partial charge in [0.1, 0.15) is 5.76 Å². The lowest BCUT2D eigenvalue weighted by atomic mass is 9.97. The summed E-state index contributed by atoms with van der Waals surface area (Å²) in [6.07, 6.45) is 2.88. The van der Waals surface area contributed by atoms with Crippen LogP contribution in [0.1, 0.15) is 52.0 Å². The van der Waals surface area contributed by atoms with E-state index in [0.717, 1.165) is 30.5 Å². The van der Waals surface area contributed by atoms with Gasteiger partial charge in [-0.1, -0.05) is 25.1 Å². The SMILES string of the molecule is CCc1ccccc1NC(=O)c1cc2c(o1)CCCC2=O. The molecule has 0 saturated carbocycles. The summed E-state index contributed by atoms with van der Waals surface area (Å²) in [5.74, 6) is 0.604. The van der Waals surface area contributed by atoms with Crippen LogP contribution < -0.4 is 5.32 Å². The first-order valence-electron chi connectivity index (χ1n) is 7.24. The largest absolute Gasteiger partial charge is 0.455 e. The van der Waals surface area contributed by atoms with Crippen molar-refractivity contribution in [3.63, 3.8) is 0 Å². The maximum atomic E-state index is 12.3. The average molecular weight is 283 g/mol. The Morgan fingerprint density at radius 2 is 2.10 bits per heavy atom. The molecule has 1 aromatic carbocycles. The molecule has 1 aliphatic carbocycles. The van der Waals surface area contributed by atoms with E-state index < -0.39 is 0 Å². The van der Waals surface area contributed by atoms with Gasteiger partial charge in [0.05, 0.1) is 5.56 Å². The Balaban J connectivity index is 1.84. The summed E-state index contributed by atoms with van der Waals surface area (Å²) in [5, 5.41) is 2.86. The molecule has 3 rings (SSSR count). The van der Waals surface area contributed by atoms with Gasteiger partial charge >= 0.3 is 0 Å². The first kappa shape index (κ1) is 13.6. The van der Waals surface area contributed by atoms with Crippen molar-refractivity contribution in [2.45, 2.75) is 32.6 Å². The maximum absolute atomic E-state index is 12.3. The van der Waals surface area contributed by atoms with Crippen LogP contribution in [0.5, 0.6) is 0 Å². The lowest BCUT2D eigenvalue weighted by Crippen LogP contribution is -2.12. The number of ketones is 1. The molecule has 1 aromatic heterocycles. The number of para-hydroxylation sites is 1. The van der Waals surface area contributed by atoms with Crippen molar-refractivity contribution < 1.29 is 14.0 Å².